The third-order valence-corrected chi connectivity index (χ3v) is 3.30. The van der Waals surface area contributed by atoms with E-state index >= 15 is 0 Å². The third kappa shape index (κ3) is 3.47. The van der Waals surface area contributed by atoms with Gasteiger partial charge < -0.3 is 4.74 Å². The predicted octanol–water partition coefficient (Wildman–Crippen LogP) is 3.69. The normalized spacial score (nSPS) is 12.2. The lowest BCUT2D eigenvalue weighted by Crippen LogP contribution is -2.36. The van der Waals surface area contributed by atoms with Crippen molar-refractivity contribution < 1.29 is 17.9 Å². The lowest BCUT2D eigenvalue weighted by atomic mass is 10.2. The van der Waals surface area contributed by atoms with E-state index in [1.807, 2.05) is 0 Å². The molecular formula is C12H14F3N2OP. The number of rotatable bonds is 4. The highest BCUT2D eigenvalue weighted by Crippen LogP contribution is 2.30. The molecule has 0 aromatic heterocycles. The van der Waals surface area contributed by atoms with E-state index in [9.17, 15) is 13.2 Å². The quantitative estimate of drug-likeness (QED) is 0.480. The Kier molecular flexibility index (Phi) is 4.95. The average Bonchev–Trinajstić information content (AvgIpc) is 2.34. The van der Waals surface area contributed by atoms with E-state index in [0.29, 0.717) is 11.4 Å². The van der Waals surface area contributed by atoms with Crippen molar-refractivity contribution in [1.29, 1.82) is 0 Å². The van der Waals surface area contributed by atoms with E-state index in [0.717, 1.165) is 10.6 Å². The first-order valence-corrected chi connectivity index (χ1v) is 6.64. The molecule has 0 unspecified atom stereocenters. The fourth-order valence-corrected chi connectivity index (χ4v) is 2.23. The summed E-state index contributed by atoms with van der Waals surface area (Å²) in [5, 5.41) is 4.27. The molecule has 0 aliphatic heterocycles. The number of hydrogen-bond donors (Lipinski definition) is 0. The summed E-state index contributed by atoms with van der Waals surface area (Å²) < 4.78 is 43.7. The Labute approximate surface area is 111 Å². The monoisotopic (exact) mass is 290 g/mol. The fourth-order valence-electron chi connectivity index (χ4n) is 1.61. The minimum absolute atomic E-state index is 0.0663. The molecule has 19 heavy (non-hydrogen) atoms. The van der Waals surface area contributed by atoms with E-state index in [1.54, 1.807) is 19.1 Å². The summed E-state index contributed by atoms with van der Waals surface area (Å²) in [6.07, 6.45) is -4.45. The Balaban J connectivity index is 3.24. The van der Waals surface area contributed by atoms with Crippen molar-refractivity contribution in [3.8, 4) is 5.75 Å². The first-order valence-electron chi connectivity index (χ1n) is 5.30. The topological polar surface area (TPSA) is 24.8 Å². The minimum Gasteiger partial charge on any atom is -0.496 e. The molecule has 0 radical (unpaired) electrons. The highest BCUT2D eigenvalue weighted by molar-refractivity contribution is 7.40. The zero-order valence-corrected chi connectivity index (χ0v) is 11.7. The van der Waals surface area contributed by atoms with E-state index in [2.05, 4.69) is 11.8 Å². The summed E-state index contributed by atoms with van der Waals surface area (Å²) in [5.74, 6) is 0.607. The highest BCUT2D eigenvalue weighted by Gasteiger charge is 2.38. The molecule has 0 fully saturated rings. The van der Waals surface area contributed by atoms with Crippen LogP contribution < -0.4 is 9.75 Å². The van der Waals surface area contributed by atoms with Crippen molar-refractivity contribution >= 4 is 26.0 Å². The largest absolute Gasteiger partial charge is 0.496 e. The summed E-state index contributed by atoms with van der Waals surface area (Å²) in [5.41, 5.74) is 0.241. The summed E-state index contributed by atoms with van der Waals surface area (Å²) >= 11 is 0. The second kappa shape index (κ2) is 6.06. The highest BCUT2D eigenvalue weighted by atomic mass is 31.1. The maximum Gasteiger partial charge on any atom is 0.437 e. The third-order valence-electron chi connectivity index (χ3n) is 2.43. The van der Waals surface area contributed by atoms with Crippen molar-refractivity contribution in [2.75, 3.05) is 18.8 Å². The maximum atomic E-state index is 12.9. The zero-order valence-electron chi connectivity index (χ0n) is 10.8. The van der Waals surface area contributed by atoms with Crippen LogP contribution in [0.1, 0.15) is 5.56 Å². The number of methoxy groups -OCH3 is 1. The first-order chi connectivity index (χ1) is 8.85. The van der Waals surface area contributed by atoms with Crippen LogP contribution in [0.25, 0.3) is 0 Å². The number of benzene rings is 1. The van der Waals surface area contributed by atoms with Crippen molar-refractivity contribution in [1.82, 2.24) is 0 Å². The first kappa shape index (κ1) is 15.5. The molecule has 1 aromatic carbocycles. The fraction of sp³-hybridized carbons (Fsp3) is 0.333. The second-order valence-electron chi connectivity index (χ2n) is 3.65. The summed E-state index contributed by atoms with van der Waals surface area (Å²) in [6, 6.07) is 4.69. The van der Waals surface area contributed by atoms with Gasteiger partial charge in [-0.25, -0.2) is 5.01 Å². The number of alkyl halides is 3. The minimum atomic E-state index is -4.45. The summed E-state index contributed by atoms with van der Waals surface area (Å²) in [7, 11) is 1.57. The van der Waals surface area contributed by atoms with Gasteiger partial charge in [0, 0.05) is 6.72 Å². The van der Waals surface area contributed by atoms with Crippen LogP contribution in [0.2, 0.25) is 0 Å². The molecule has 104 valence electrons. The van der Waals surface area contributed by atoms with Crippen molar-refractivity contribution in [2.24, 2.45) is 5.10 Å². The Hall–Kier alpha value is -1.55. The van der Waals surface area contributed by atoms with E-state index in [-0.39, 0.29) is 8.20 Å². The summed E-state index contributed by atoms with van der Waals surface area (Å²) in [4.78, 5) is 0. The zero-order chi connectivity index (χ0) is 14.6. The molecule has 1 rings (SSSR count). The molecule has 0 saturated carbocycles. The van der Waals surface area contributed by atoms with Gasteiger partial charge in [0.05, 0.1) is 12.8 Å². The molecular weight excluding hydrogens is 276 g/mol. The van der Waals surface area contributed by atoms with E-state index in [1.165, 1.54) is 19.8 Å². The van der Waals surface area contributed by atoms with Crippen LogP contribution in [-0.4, -0.2) is 32.1 Å². The molecule has 0 heterocycles. The molecule has 0 aliphatic rings. The number of nitrogens with zero attached hydrogens (tertiary/aromatic N) is 2. The lowest BCUT2D eigenvalue weighted by molar-refractivity contribution is -0.0577. The molecule has 0 saturated heterocycles. The van der Waals surface area contributed by atoms with Gasteiger partial charge in [-0.1, -0.05) is 8.20 Å². The number of aryl methyl sites for hydroxylation is 1. The van der Waals surface area contributed by atoms with Gasteiger partial charge in [0.15, 0.2) is 5.42 Å². The molecule has 1 aromatic rings. The Bertz CT molecular complexity index is 500. The molecule has 0 spiro atoms. The van der Waals surface area contributed by atoms with Crippen molar-refractivity contribution in [2.45, 2.75) is 13.1 Å². The lowest BCUT2D eigenvalue weighted by Gasteiger charge is -2.23. The van der Waals surface area contributed by atoms with Gasteiger partial charge in [-0.2, -0.15) is 18.3 Å². The van der Waals surface area contributed by atoms with E-state index in [4.69, 9.17) is 4.74 Å². The molecule has 0 N–H and O–H groups in total. The number of anilines is 1. The Morgan fingerprint density at radius 2 is 2.05 bits per heavy atom. The molecule has 0 amide bonds. The molecule has 0 bridgehead atoms. The maximum absolute atomic E-state index is 12.9. The van der Waals surface area contributed by atoms with Gasteiger partial charge in [-0.05, 0) is 37.4 Å². The molecule has 0 aliphatic carbocycles. The number of halogens is 3. The number of ether oxygens (including phenoxy) is 1. The van der Waals surface area contributed by atoms with Gasteiger partial charge in [-0.15, -0.1) is 0 Å². The van der Waals surface area contributed by atoms with Gasteiger partial charge >= 0.3 is 6.18 Å². The summed E-state index contributed by atoms with van der Waals surface area (Å²) in [6.45, 7) is 6.36. The van der Waals surface area contributed by atoms with Crippen LogP contribution in [0.4, 0.5) is 18.9 Å². The molecule has 7 heteroatoms. The van der Waals surface area contributed by atoms with Gasteiger partial charge in [0.25, 0.3) is 0 Å². The van der Waals surface area contributed by atoms with Crippen LogP contribution in [0.5, 0.6) is 5.75 Å². The van der Waals surface area contributed by atoms with Crippen LogP contribution in [0.15, 0.2) is 23.3 Å². The second-order valence-corrected chi connectivity index (χ2v) is 4.52. The SMILES string of the molecule is C=NN(C(=PC)C(F)(F)F)c1ccc(OC)c(C)c1. The van der Waals surface area contributed by atoms with Gasteiger partial charge in [-0.3, -0.25) is 0 Å². The van der Waals surface area contributed by atoms with Crippen molar-refractivity contribution in [3.05, 3.63) is 23.8 Å². The van der Waals surface area contributed by atoms with Crippen LogP contribution in [-0.2, 0) is 0 Å². The van der Waals surface area contributed by atoms with Crippen LogP contribution in [0, 0.1) is 6.92 Å². The predicted molar refractivity (Wildman–Crippen MR) is 73.7 cm³/mol. The number of hydrazone groups is 1. The van der Waals surface area contributed by atoms with Gasteiger partial charge in [0.2, 0.25) is 0 Å². The average molecular weight is 290 g/mol. The molecule has 3 nitrogen and oxygen atoms in total. The van der Waals surface area contributed by atoms with Crippen molar-refractivity contribution in [3.63, 3.8) is 0 Å². The van der Waals surface area contributed by atoms with E-state index < -0.39 is 11.6 Å². The van der Waals surface area contributed by atoms with Crippen LogP contribution in [0.3, 0.4) is 0 Å². The smallest absolute Gasteiger partial charge is 0.437 e. The molecule has 0 atom stereocenters. The standard InChI is InChI=1S/C12H14F3N2OP/c1-8-7-9(5-6-10(8)18-3)17(16-2)11(19-4)12(13,14)15/h5-7H,2H2,1,3-4H3. The number of hydrogen-bond acceptors (Lipinski definition) is 2. The Morgan fingerprint density at radius 1 is 1.42 bits per heavy atom. The van der Waals surface area contributed by atoms with Gasteiger partial charge in [0.1, 0.15) is 5.75 Å². The Morgan fingerprint density at radius 3 is 2.42 bits per heavy atom. The van der Waals surface area contributed by atoms with Crippen LogP contribution >= 0.6 is 8.20 Å².